The van der Waals surface area contributed by atoms with E-state index in [0.29, 0.717) is 16.7 Å². The molecule has 2 N–H and O–H groups in total. The third kappa shape index (κ3) is 4.09. The smallest absolute Gasteiger partial charge is 0.306 e. The van der Waals surface area contributed by atoms with Crippen molar-refractivity contribution in [2.24, 2.45) is 52.3 Å². The van der Waals surface area contributed by atoms with Gasteiger partial charge in [0.1, 0.15) is 0 Å². The highest BCUT2D eigenvalue weighted by atomic mass is 16.4. The zero-order valence-corrected chi connectivity index (χ0v) is 22.1. The lowest BCUT2D eigenvalue weighted by molar-refractivity contribution is -0.143. The first-order valence-electron chi connectivity index (χ1n) is 14.5. The number of nitrogens with zero attached hydrogens (tertiary/aromatic N) is 1. The molecule has 0 aromatic heterocycles. The number of carboxylic acid groups (broad SMARTS) is 1. The van der Waals surface area contributed by atoms with Gasteiger partial charge in [-0.05, 0) is 124 Å². The predicted octanol–water partition coefficient (Wildman–Crippen LogP) is 6.00. The van der Waals surface area contributed by atoms with E-state index in [-0.39, 0.29) is 12.0 Å². The van der Waals surface area contributed by atoms with Crippen LogP contribution in [-0.2, 0) is 4.79 Å². The maximum absolute atomic E-state index is 11.4. The summed E-state index contributed by atoms with van der Waals surface area (Å²) in [6.45, 7) is 12.9. The van der Waals surface area contributed by atoms with Crippen LogP contribution in [0.2, 0.25) is 0 Å². The minimum absolute atomic E-state index is 0.112. The second kappa shape index (κ2) is 9.21. The van der Waals surface area contributed by atoms with Gasteiger partial charge in [0.2, 0.25) is 0 Å². The Morgan fingerprint density at radius 3 is 2.50 bits per heavy atom. The van der Waals surface area contributed by atoms with Gasteiger partial charge >= 0.3 is 5.97 Å². The van der Waals surface area contributed by atoms with Gasteiger partial charge in [-0.3, -0.25) is 4.79 Å². The molecule has 4 nitrogen and oxygen atoms in total. The van der Waals surface area contributed by atoms with Crippen molar-refractivity contribution >= 4 is 5.97 Å². The van der Waals surface area contributed by atoms with Crippen LogP contribution in [0.4, 0.5) is 0 Å². The number of allylic oxidation sites excluding steroid dienone is 1. The summed E-state index contributed by atoms with van der Waals surface area (Å²) >= 11 is 0. The van der Waals surface area contributed by atoms with E-state index in [9.17, 15) is 15.0 Å². The third-order valence-corrected chi connectivity index (χ3v) is 12.1. The Morgan fingerprint density at radius 1 is 1.06 bits per heavy atom. The molecule has 1 heterocycles. The average Bonchev–Trinajstić information content (AvgIpc) is 3.17. The third-order valence-electron chi connectivity index (χ3n) is 12.1. The van der Waals surface area contributed by atoms with Crippen molar-refractivity contribution in [1.82, 2.24) is 4.90 Å². The van der Waals surface area contributed by atoms with E-state index in [4.69, 9.17) is 0 Å². The van der Waals surface area contributed by atoms with Crippen molar-refractivity contribution < 1.29 is 15.0 Å². The van der Waals surface area contributed by atoms with Crippen LogP contribution in [0.15, 0.2) is 11.6 Å². The van der Waals surface area contributed by atoms with Crippen LogP contribution in [-0.4, -0.2) is 46.8 Å². The van der Waals surface area contributed by atoms with Gasteiger partial charge in [0, 0.05) is 6.54 Å². The Bertz CT molecular complexity index is 801. The second-order valence-corrected chi connectivity index (χ2v) is 13.6. The topological polar surface area (TPSA) is 60.8 Å². The molecule has 4 fully saturated rings. The molecule has 0 spiro atoms. The number of hydrogen-bond donors (Lipinski definition) is 2. The van der Waals surface area contributed by atoms with Crippen LogP contribution in [0.3, 0.4) is 0 Å². The predicted molar refractivity (Wildman–Crippen MR) is 136 cm³/mol. The van der Waals surface area contributed by atoms with Crippen molar-refractivity contribution in [3.05, 3.63) is 11.6 Å². The summed E-state index contributed by atoms with van der Waals surface area (Å²) in [7, 11) is 0. The number of fused-ring (bicyclic) bond motifs is 5. The van der Waals surface area contributed by atoms with Gasteiger partial charge in [-0.25, -0.2) is 0 Å². The molecule has 1 aliphatic heterocycles. The molecule has 0 aromatic carbocycles. The summed E-state index contributed by atoms with van der Waals surface area (Å²) in [5.74, 6) is 3.58. The standard InChI is InChI=1S/C30H49NO3/c1-19(18-31-15-11-21(12-16-31)20(2)28(33)34)25-7-8-26-24-6-5-22-17-23(32)9-13-29(22,3)27(24)10-14-30(25,26)4/h5,19-21,23-27,32H,6-18H2,1-4H3,(H,33,34)/t19-,20?,23+,24+,25-,26+,27+,29+,30-/m1/s1. The van der Waals surface area contributed by atoms with Crippen molar-refractivity contribution in [3.8, 4) is 0 Å². The van der Waals surface area contributed by atoms with E-state index >= 15 is 0 Å². The Kier molecular flexibility index (Phi) is 6.72. The zero-order chi connectivity index (χ0) is 24.3. The number of hydrogen-bond acceptors (Lipinski definition) is 3. The lowest BCUT2D eigenvalue weighted by Crippen LogP contribution is -2.51. The lowest BCUT2D eigenvalue weighted by Gasteiger charge is -2.58. The normalized spacial score (nSPS) is 45.0. The number of piperidine rings is 1. The molecule has 4 aliphatic carbocycles. The molecule has 5 aliphatic rings. The summed E-state index contributed by atoms with van der Waals surface area (Å²) in [5.41, 5.74) is 2.40. The molecule has 0 bridgehead atoms. The molecule has 5 rings (SSSR count). The van der Waals surface area contributed by atoms with Crippen LogP contribution < -0.4 is 0 Å². The van der Waals surface area contributed by atoms with E-state index in [1.807, 2.05) is 6.92 Å². The first-order chi connectivity index (χ1) is 16.1. The van der Waals surface area contributed by atoms with Crippen LogP contribution in [0.25, 0.3) is 0 Å². The van der Waals surface area contributed by atoms with Crippen molar-refractivity contribution in [2.45, 2.75) is 98.0 Å². The van der Waals surface area contributed by atoms with Crippen LogP contribution >= 0.6 is 0 Å². The SMILES string of the molecule is CC(C(=O)O)C1CCN(C[C@@H](C)[C@H]2CC[C@H]3[C@@H]4CC=C5C[C@@H](O)CC[C@]5(C)[C@H]4CC[C@]23C)CC1. The van der Waals surface area contributed by atoms with Gasteiger partial charge in [0.25, 0.3) is 0 Å². The fourth-order valence-corrected chi connectivity index (χ4v) is 9.99. The fraction of sp³-hybridized carbons (Fsp3) is 0.900. The summed E-state index contributed by atoms with van der Waals surface area (Å²) in [6.07, 6.45) is 14.4. The molecule has 34 heavy (non-hydrogen) atoms. The van der Waals surface area contributed by atoms with Crippen LogP contribution in [0.5, 0.6) is 0 Å². The highest BCUT2D eigenvalue weighted by Gasteiger charge is 2.59. The Morgan fingerprint density at radius 2 is 1.79 bits per heavy atom. The minimum Gasteiger partial charge on any atom is -0.481 e. The molecular weight excluding hydrogens is 422 g/mol. The maximum Gasteiger partial charge on any atom is 0.306 e. The molecular formula is C30H49NO3. The molecule has 3 saturated carbocycles. The molecule has 1 unspecified atom stereocenters. The quantitative estimate of drug-likeness (QED) is 0.483. The molecule has 1 saturated heterocycles. The van der Waals surface area contributed by atoms with Gasteiger partial charge in [-0.1, -0.05) is 39.3 Å². The number of aliphatic hydroxyl groups excluding tert-OH is 1. The van der Waals surface area contributed by atoms with Gasteiger partial charge in [-0.15, -0.1) is 0 Å². The average molecular weight is 472 g/mol. The number of rotatable bonds is 5. The summed E-state index contributed by atoms with van der Waals surface area (Å²) < 4.78 is 0. The number of carbonyl (C=O) groups is 1. The van der Waals surface area contributed by atoms with Crippen molar-refractivity contribution in [1.29, 1.82) is 0 Å². The van der Waals surface area contributed by atoms with E-state index in [1.165, 1.54) is 45.1 Å². The second-order valence-electron chi connectivity index (χ2n) is 13.6. The highest BCUT2D eigenvalue weighted by molar-refractivity contribution is 5.69. The molecule has 0 amide bonds. The van der Waals surface area contributed by atoms with E-state index in [2.05, 4.69) is 31.7 Å². The van der Waals surface area contributed by atoms with Gasteiger partial charge in [0.05, 0.1) is 12.0 Å². The summed E-state index contributed by atoms with van der Waals surface area (Å²) in [6, 6.07) is 0. The van der Waals surface area contributed by atoms with Gasteiger partial charge < -0.3 is 15.1 Å². The monoisotopic (exact) mass is 471 g/mol. The molecule has 9 atom stereocenters. The minimum atomic E-state index is -0.629. The Balaban J connectivity index is 1.23. The number of aliphatic hydroxyl groups is 1. The first-order valence-corrected chi connectivity index (χ1v) is 14.5. The molecule has 4 heteroatoms. The number of carboxylic acids is 1. The molecule has 192 valence electrons. The largest absolute Gasteiger partial charge is 0.481 e. The van der Waals surface area contributed by atoms with Gasteiger partial charge in [-0.2, -0.15) is 0 Å². The number of likely N-dealkylation sites (tertiary alicyclic amines) is 1. The Hall–Kier alpha value is -0.870. The van der Waals surface area contributed by atoms with E-state index in [0.717, 1.165) is 68.4 Å². The fourth-order valence-electron chi connectivity index (χ4n) is 9.99. The van der Waals surface area contributed by atoms with Crippen LogP contribution in [0, 0.1) is 52.3 Å². The Labute approximate surface area is 207 Å². The van der Waals surface area contributed by atoms with E-state index < -0.39 is 5.97 Å². The number of aliphatic carboxylic acids is 1. The van der Waals surface area contributed by atoms with Crippen LogP contribution in [0.1, 0.15) is 91.9 Å². The van der Waals surface area contributed by atoms with Gasteiger partial charge in [0.15, 0.2) is 0 Å². The van der Waals surface area contributed by atoms with Crippen molar-refractivity contribution in [3.63, 3.8) is 0 Å². The lowest BCUT2D eigenvalue weighted by atomic mass is 9.47. The highest BCUT2D eigenvalue weighted by Crippen LogP contribution is 2.67. The first kappa shape index (κ1) is 24.8. The maximum atomic E-state index is 11.4. The summed E-state index contributed by atoms with van der Waals surface area (Å²) in [4.78, 5) is 14.0. The zero-order valence-electron chi connectivity index (χ0n) is 22.1. The summed E-state index contributed by atoms with van der Waals surface area (Å²) in [5, 5.41) is 19.6. The molecule has 0 aromatic rings. The molecule has 0 radical (unpaired) electrons. The van der Waals surface area contributed by atoms with Crippen molar-refractivity contribution in [2.75, 3.05) is 19.6 Å². The van der Waals surface area contributed by atoms with E-state index in [1.54, 1.807) is 5.57 Å².